The Morgan fingerprint density at radius 2 is 1.89 bits per heavy atom. The summed E-state index contributed by atoms with van der Waals surface area (Å²) in [4.78, 5) is 15.1. The molecule has 3 heterocycles. The van der Waals surface area contributed by atoms with E-state index in [2.05, 4.69) is 33.0 Å². The van der Waals surface area contributed by atoms with Gasteiger partial charge < -0.3 is 21.1 Å². The van der Waals surface area contributed by atoms with Gasteiger partial charge in [-0.25, -0.2) is 15.0 Å². The molecule has 2 aliphatic rings. The highest BCUT2D eigenvalue weighted by molar-refractivity contribution is 7.99. The minimum Gasteiger partial charge on any atom is -0.384 e. The van der Waals surface area contributed by atoms with Crippen molar-refractivity contribution in [1.29, 1.82) is 0 Å². The van der Waals surface area contributed by atoms with Crippen LogP contribution in [0.5, 0.6) is 0 Å². The first-order valence-corrected chi connectivity index (χ1v) is 11.1. The molecule has 1 unspecified atom stereocenters. The minimum absolute atomic E-state index is 0.253. The summed E-state index contributed by atoms with van der Waals surface area (Å²) in [7, 11) is 0. The zero-order chi connectivity index (χ0) is 20.5. The molecule has 0 aromatic carbocycles. The molecule has 1 aliphatic heterocycles. The standard InChI is InChI=1S/C14H18N6O.C4H8S.C2H6/c1-9-8-21-5-4-20(9)13-7-12(16)18-14(19-13)10-2-3-17-11(15)6-10;1-5-4-2-3-4;1-2/h2-3,6-7,9H,4-5,8H2,1H3,(H2,15,17)(H2,16,18,19);4H,2-3H2,1H3;1-2H3. The maximum Gasteiger partial charge on any atom is 0.164 e. The van der Waals surface area contributed by atoms with E-state index in [0.29, 0.717) is 30.7 Å². The predicted octanol–water partition coefficient (Wildman–Crippen LogP) is 3.47. The van der Waals surface area contributed by atoms with Gasteiger partial charge in [0.05, 0.1) is 19.3 Å². The molecule has 28 heavy (non-hydrogen) atoms. The molecule has 1 aliphatic carbocycles. The number of nitrogens with two attached hydrogens (primary N) is 2. The van der Waals surface area contributed by atoms with E-state index in [9.17, 15) is 0 Å². The molecule has 2 fully saturated rings. The molecular weight excluding hydrogens is 372 g/mol. The van der Waals surface area contributed by atoms with Crippen LogP contribution in [-0.2, 0) is 4.74 Å². The zero-order valence-corrected chi connectivity index (χ0v) is 18.1. The quantitative estimate of drug-likeness (QED) is 0.801. The molecule has 4 rings (SSSR count). The Kier molecular flexibility index (Phi) is 8.79. The third-order valence-electron chi connectivity index (χ3n) is 4.29. The smallest absolute Gasteiger partial charge is 0.164 e. The second-order valence-corrected chi connectivity index (χ2v) is 7.63. The molecule has 8 heteroatoms. The molecule has 0 spiro atoms. The van der Waals surface area contributed by atoms with Gasteiger partial charge in [0.25, 0.3) is 0 Å². The molecule has 0 bridgehead atoms. The van der Waals surface area contributed by atoms with E-state index in [0.717, 1.165) is 23.2 Å². The number of hydrogen-bond acceptors (Lipinski definition) is 8. The first kappa shape index (κ1) is 22.2. The molecule has 1 atom stereocenters. The highest BCUT2D eigenvalue weighted by Crippen LogP contribution is 2.31. The third-order valence-corrected chi connectivity index (χ3v) is 5.43. The number of rotatable bonds is 3. The Labute approximate surface area is 172 Å². The summed E-state index contributed by atoms with van der Waals surface area (Å²) >= 11 is 1.99. The van der Waals surface area contributed by atoms with Crippen molar-refractivity contribution in [3.8, 4) is 11.4 Å². The number of ether oxygens (including phenoxy) is 1. The summed E-state index contributed by atoms with van der Waals surface area (Å²) < 4.78 is 5.45. The summed E-state index contributed by atoms with van der Waals surface area (Å²) in [6.07, 6.45) is 6.76. The second kappa shape index (κ2) is 11.1. The summed E-state index contributed by atoms with van der Waals surface area (Å²) in [6, 6.07) is 5.60. The molecule has 2 aromatic rings. The van der Waals surface area contributed by atoms with Gasteiger partial charge in [-0.05, 0) is 38.2 Å². The third kappa shape index (κ3) is 6.53. The summed E-state index contributed by atoms with van der Waals surface area (Å²) in [5.41, 5.74) is 12.4. The molecule has 7 nitrogen and oxygen atoms in total. The molecule has 1 saturated carbocycles. The molecule has 0 amide bonds. The van der Waals surface area contributed by atoms with E-state index in [1.165, 1.54) is 12.8 Å². The van der Waals surface area contributed by atoms with Crippen molar-refractivity contribution in [3.63, 3.8) is 0 Å². The fraction of sp³-hybridized carbons (Fsp3) is 0.550. The summed E-state index contributed by atoms with van der Waals surface area (Å²) in [6.45, 7) is 8.25. The van der Waals surface area contributed by atoms with E-state index in [4.69, 9.17) is 16.2 Å². The predicted molar refractivity (Wildman–Crippen MR) is 120 cm³/mol. The van der Waals surface area contributed by atoms with E-state index >= 15 is 0 Å². The number of nitrogen functional groups attached to an aromatic ring is 2. The van der Waals surface area contributed by atoms with Crippen LogP contribution >= 0.6 is 11.8 Å². The van der Waals surface area contributed by atoms with Gasteiger partial charge in [-0.1, -0.05) is 13.8 Å². The lowest BCUT2D eigenvalue weighted by molar-refractivity contribution is 0.0985. The minimum atomic E-state index is 0.253. The van der Waals surface area contributed by atoms with Crippen LogP contribution in [0.2, 0.25) is 0 Å². The average Bonchev–Trinajstić information content (AvgIpc) is 3.55. The Balaban J connectivity index is 0.000000342. The first-order valence-electron chi connectivity index (χ1n) is 9.80. The van der Waals surface area contributed by atoms with Crippen molar-refractivity contribution in [2.75, 3.05) is 42.4 Å². The SMILES string of the molecule is CC.CC1COCCN1c1cc(N)nc(-c2ccnc(N)c2)n1.CSC1CC1. The van der Waals surface area contributed by atoms with Gasteiger partial charge in [-0.3, -0.25) is 0 Å². The van der Waals surface area contributed by atoms with Gasteiger partial charge in [0.2, 0.25) is 0 Å². The van der Waals surface area contributed by atoms with Crippen molar-refractivity contribution in [1.82, 2.24) is 15.0 Å². The zero-order valence-electron chi connectivity index (χ0n) is 17.3. The normalized spacial score (nSPS) is 18.4. The maximum absolute atomic E-state index is 5.93. The highest BCUT2D eigenvalue weighted by Gasteiger charge is 2.21. The number of hydrogen-bond donors (Lipinski definition) is 2. The first-order chi connectivity index (χ1) is 13.6. The fourth-order valence-electron chi connectivity index (χ4n) is 2.69. The van der Waals surface area contributed by atoms with Crippen LogP contribution in [0.25, 0.3) is 11.4 Å². The Bertz CT molecular complexity index is 740. The summed E-state index contributed by atoms with van der Waals surface area (Å²) in [5.74, 6) is 2.23. The van der Waals surface area contributed by atoms with Crippen molar-refractivity contribution >= 4 is 29.2 Å². The number of morpholine rings is 1. The van der Waals surface area contributed by atoms with Gasteiger partial charge >= 0.3 is 0 Å². The van der Waals surface area contributed by atoms with Gasteiger partial charge in [0.15, 0.2) is 5.82 Å². The number of thioether (sulfide) groups is 1. The van der Waals surface area contributed by atoms with Crippen molar-refractivity contribution < 1.29 is 4.74 Å². The fourth-order valence-corrected chi connectivity index (χ4v) is 3.29. The second-order valence-electron chi connectivity index (χ2n) is 6.50. The lowest BCUT2D eigenvalue weighted by Gasteiger charge is -2.34. The van der Waals surface area contributed by atoms with E-state index < -0.39 is 0 Å². The van der Waals surface area contributed by atoms with Gasteiger partial charge in [-0.2, -0.15) is 11.8 Å². The Morgan fingerprint density at radius 3 is 2.46 bits per heavy atom. The number of anilines is 3. The van der Waals surface area contributed by atoms with E-state index in [1.54, 1.807) is 18.3 Å². The van der Waals surface area contributed by atoms with Crippen molar-refractivity contribution in [3.05, 3.63) is 24.4 Å². The summed E-state index contributed by atoms with van der Waals surface area (Å²) in [5, 5.41) is 1.05. The molecule has 4 N–H and O–H groups in total. The van der Waals surface area contributed by atoms with Crippen LogP contribution in [0.1, 0.15) is 33.6 Å². The van der Waals surface area contributed by atoms with Gasteiger partial charge in [0, 0.05) is 29.6 Å². The number of nitrogens with zero attached hydrogens (tertiary/aromatic N) is 4. The molecule has 1 saturated heterocycles. The lowest BCUT2D eigenvalue weighted by Crippen LogP contribution is -2.44. The monoisotopic (exact) mass is 404 g/mol. The van der Waals surface area contributed by atoms with Gasteiger partial charge in [0.1, 0.15) is 17.5 Å². The van der Waals surface area contributed by atoms with Crippen molar-refractivity contribution in [2.24, 2.45) is 0 Å². The van der Waals surface area contributed by atoms with Crippen LogP contribution < -0.4 is 16.4 Å². The lowest BCUT2D eigenvalue weighted by atomic mass is 10.2. The van der Waals surface area contributed by atoms with Crippen LogP contribution in [0.3, 0.4) is 0 Å². The van der Waals surface area contributed by atoms with E-state index in [1.807, 2.05) is 31.7 Å². The van der Waals surface area contributed by atoms with Crippen molar-refractivity contribution in [2.45, 2.75) is 44.9 Å². The van der Waals surface area contributed by atoms with Crippen LogP contribution in [0, 0.1) is 0 Å². The molecule has 2 aromatic heterocycles. The maximum atomic E-state index is 5.93. The number of pyridine rings is 1. The van der Waals surface area contributed by atoms with Crippen LogP contribution in [-0.4, -0.2) is 52.3 Å². The van der Waals surface area contributed by atoms with E-state index in [-0.39, 0.29) is 6.04 Å². The topological polar surface area (TPSA) is 103 Å². The molecule has 0 radical (unpaired) electrons. The molecule has 154 valence electrons. The van der Waals surface area contributed by atoms with Gasteiger partial charge in [-0.15, -0.1) is 0 Å². The van der Waals surface area contributed by atoms with Crippen LogP contribution in [0.4, 0.5) is 17.5 Å². The molecular formula is C20H32N6OS. The average molecular weight is 405 g/mol. The number of aromatic nitrogens is 3. The Hall–Kier alpha value is -2.06. The largest absolute Gasteiger partial charge is 0.384 e. The highest BCUT2D eigenvalue weighted by atomic mass is 32.2. The van der Waals surface area contributed by atoms with Crippen LogP contribution in [0.15, 0.2) is 24.4 Å². The Morgan fingerprint density at radius 1 is 1.14 bits per heavy atom.